The lowest BCUT2D eigenvalue weighted by atomic mass is 10.1. The van der Waals surface area contributed by atoms with Crippen LogP contribution in [0.4, 0.5) is 0 Å². The maximum absolute atomic E-state index is 5.68. The third kappa shape index (κ3) is 5.27. The molecule has 0 aliphatic heterocycles. The predicted molar refractivity (Wildman–Crippen MR) is 79.4 cm³/mol. The summed E-state index contributed by atoms with van der Waals surface area (Å²) in [4.78, 5) is 4.26. The Hall–Kier alpha value is -0.740. The number of thioether (sulfide) groups is 1. The normalized spacial score (nSPS) is 13.1. The highest BCUT2D eigenvalue weighted by Crippen LogP contribution is 2.23. The number of hydrogen-bond donors (Lipinski definition) is 1. The molecule has 1 N–H and O–H groups in total. The summed E-state index contributed by atoms with van der Waals surface area (Å²) in [6.07, 6.45) is 3.86. The fourth-order valence-corrected chi connectivity index (χ4v) is 2.53. The van der Waals surface area contributed by atoms with E-state index in [1.165, 1.54) is 5.56 Å². The lowest BCUT2D eigenvalue weighted by Crippen LogP contribution is -2.20. The summed E-state index contributed by atoms with van der Waals surface area (Å²) in [5.74, 6) is 1.89. The minimum Gasteiger partial charge on any atom is -0.489 e. The molecule has 0 aliphatic rings. The van der Waals surface area contributed by atoms with Gasteiger partial charge in [0.2, 0.25) is 0 Å². The van der Waals surface area contributed by atoms with Gasteiger partial charge in [0.15, 0.2) is 0 Å². The molecule has 4 heteroatoms. The van der Waals surface area contributed by atoms with Crippen LogP contribution in [0.1, 0.15) is 39.3 Å². The molecule has 1 atom stereocenters. The molecule has 0 spiro atoms. The van der Waals surface area contributed by atoms with E-state index in [-0.39, 0.29) is 6.10 Å². The molecule has 0 saturated carbocycles. The van der Waals surface area contributed by atoms with Crippen LogP contribution in [0, 0.1) is 0 Å². The first-order chi connectivity index (χ1) is 8.52. The highest BCUT2D eigenvalue weighted by atomic mass is 32.2. The van der Waals surface area contributed by atoms with Crippen molar-refractivity contribution >= 4 is 11.8 Å². The number of pyridine rings is 1. The lowest BCUT2D eigenvalue weighted by Gasteiger charge is -2.18. The third-order valence-electron chi connectivity index (χ3n) is 2.45. The SMILES string of the molecule is CNC(CSC(C)C)c1cncc(OC(C)C)c1. The van der Waals surface area contributed by atoms with Gasteiger partial charge in [0.1, 0.15) is 5.75 Å². The second-order valence-electron chi connectivity index (χ2n) is 4.84. The first-order valence-corrected chi connectivity index (χ1v) is 7.48. The van der Waals surface area contributed by atoms with E-state index < -0.39 is 0 Å². The zero-order chi connectivity index (χ0) is 13.5. The fraction of sp³-hybridized carbons (Fsp3) is 0.643. The topological polar surface area (TPSA) is 34.2 Å². The van der Waals surface area contributed by atoms with Gasteiger partial charge in [0.25, 0.3) is 0 Å². The molecule has 0 bridgehead atoms. The quantitative estimate of drug-likeness (QED) is 0.823. The van der Waals surface area contributed by atoms with Crippen molar-refractivity contribution in [1.29, 1.82) is 0 Å². The number of aromatic nitrogens is 1. The summed E-state index contributed by atoms with van der Waals surface area (Å²) >= 11 is 1.95. The van der Waals surface area contributed by atoms with Gasteiger partial charge in [0, 0.05) is 18.0 Å². The maximum atomic E-state index is 5.68. The lowest BCUT2D eigenvalue weighted by molar-refractivity contribution is 0.241. The second kappa shape index (κ2) is 7.64. The molecular weight excluding hydrogens is 244 g/mol. The van der Waals surface area contributed by atoms with E-state index in [9.17, 15) is 0 Å². The predicted octanol–water partition coefficient (Wildman–Crippen LogP) is 3.27. The molecule has 1 aromatic rings. The van der Waals surface area contributed by atoms with Crippen LogP contribution in [-0.4, -0.2) is 29.1 Å². The smallest absolute Gasteiger partial charge is 0.138 e. The van der Waals surface area contributed by atoms with Gasteiger partial charge in [-0.15, -0.1) is 0 Å². The average molecular weight is 268 g/mol. The van der Waals surface area contributed by atoms with E-state index in [0.717, 1.165) is 11.5 Å². The first kappa shape index (κ1) is 15.3. The molecule has 3 nitrogen and oxygen atoms in total. The molecule has 0 fully saturated rings. The summed E-state index contributed by atoms with van der Waals surface area (Å²) in [6, 6.07) is 2.40. The van der Waals surface area contributed by atoms with E-state index in [1.54, 1.807) is 6.20 Å². The van der Waals surface area contributed by atoms with Gasteiger partial charge in [-0.1, -0.05) is 13.8 Å². The monoisotopic (exact) mass is 268 g/mol. The Kier molecular flexibility index (Phi) is 6.50. The molecule has 0 aliphatic carbocycles. The first-order valence-electron chi connectivity index (χ1n) is 6.43. The summed E-state index contributed by atoms with van der Waals surface area (Å²) < 4.78 is 5.68. The van der Waals surface area contributed by atoms with Crippen molar-refractivity contribution in [2.45, 2.75) is 45.1 Å². The zero-order valence-corrected chi connectivity index (χ0v) is 12.8. The number of rotatable bonds is 7. The molecule has 1 unspecified atom stereocenters. The molecular formula is C14H24N2OS. The molecule has 1 rings (SSSR count). The highest BCUT2D eigenvalue weighted by molar-refractivity contribution is 7.99. The van der Waals surface area contributed by atoms with E-state index in [2.05, 4.69) is 30.2 Å². The van der Waals surface area contributed by atoms with E-state index in [0.29, 0.717) is 11.3 Å². The Morgan fingerprint density at radius 2 is 2.00 bits per heavy atom. The van der Waals surface area contributed by atoms with E-state index >= 15 is 0 Å². The molecule has 0 radical (unpaired) electrons. The Labute approximate surface area is 115 Å². The number of ether oxygens (including phenoxy) is 1. The fourth-order valence-electron chi connectivity index (χ4n) is 1.60. The van der Waals surface area contributed by atoms with Gasteiger partial charge in [-0.25, -0.2) is 0 Å². The Bertz CT molecular complexity index is 355. The van der Waals surface area contributed by atoms with Gasteiger partial charge >= 0.3 is 0 Å². The van der Waals surface area contributed by atoms with Crippen LogP contribution in [0.5, 0.6) is 5.75 Å². The van der Waals surface area contributed by atoms with Crippen LogP contribution >= 0.6 is 11.8 Å². The van der Waals surface area contributed by atoms with Crippen molar-refractivity contribution in [3.63, 3.8) is 0 Å². The average Bonchev–Trinajstić information content (AvgIpc) is 2.29. The van der Waals surface area contributed by atoms with Gasteiger partial charge < -0.3 is 10.1 Å². The molecule has 0 aromatic carbocycles. The zero-order valence-electron chi connectivity index (χ0n) is 11.9. The van der Waals surface area contributed by atoms with Crippen LogP contribution in [0.25, 0.3) is 0 Å². The van der Waals surface area contributed by atoms with Gasteiger partial charge in [-0.05, 0) is 37.8 Å². The van der Waals surface area contributed by atoms with Crippen molar-refractivity contribution < 1.29 is 4.74 Å². The summed E-state index contributed by atoms with van der Waals surface area (Å²) in [5.41, 5.74) is 1.18. The Morgan fingerprint density at radius 3 is 2.56 bits per heavy atom. The molecule has 102 valence electrons. The summed E-state index contributed by atoms with van der Waals surface area (Å²) in [6.45, 7) is 8.48. The van der Waals surface area contributed by atoms with Crippen molar-refractivity contribution in [3.05, 3.63) is 24.0 Å². The molecule has 1 aromatic heterocycles. The van der Waals surface area contributed by atoms with Crippen LogP contribution in [0.2, 0.25) is 0 Å². The van der Waals surface area contributed by atoms with Crippen LogP contribution in [0.15, 0.2) is 18.5 Å². The molecule has 18 heavy (non-hydrogen) atoms. The summed E-state index contributed by atoms with van der Waals surface area (Å²) in [5, 5.41) is 3.98. The van der Waals surface area contributed by atoms with Crippen LogP contribution in [-0.2, 0) is 0 Å². The van der Waals surface area contributed by atoms with Crippen molar-refractivity contribution in [2.75, 3.05) is 12.8 Å². The highest BCUT2D eigenvalue weighted by Gasteiger charge is 2.12. The van der Waals surface area contributed by atoms with Gasteiger partial charge in [-0.3, -0.25) is 4.98 Å². The molecule has 0 saturated heterocycles. The van der Waals surface area contributed by atoms with E-state index in [1.807, 2.05) is 38.9 Å². The second-order valence-corrected chi connectivity index (χ2v) is 6.45. The van der Waals surface area contributed by atoms with Crippen LogP contribution < -0.4 is 10.1 Å². The molecule has 1 heterocycles. The number of hydrogen-bond acceptors (Lipinski definition) is 4. The standard InChI is InChI=1S/C14H24N2OS/c1-10(2)17-13-6-12(7-16-8-13)14(15-5)9-18-11(3)4/h6-8,10-11,14-15H,9H2,1-5H3. The van der Waals surface area contributed by atoms with Crippen LogP contribution in [0.3, 0.4) is 0 Å². The summed E-state index contributed by atoms with van der Waals surface area (Å²) in [7, 11) is 1.99. The van der Waals surface area contributed by atoms with Crippen molar-refractivity contribution in [2.24, 2.45) is 0 Å². The van der Waals surface area contributed by atoms with Crippen molar-refractivity contribution in [3.8, 4) is 5.75 Å². The number of nitrogens with one attached hydrogen (secondary N) is 1. The number of nitrogens with zero attached hydrogens (tertiary/aromatic N) is 1. The Morgan fingerprint density at radius 1 is 1.28 bits per heavy atom. The molecule has 0 amide bonds. The third-order valence-corrected chi connectivity index (χ3v) is 3.65. The Balaban J connectivity index is 2.72. The minimum atomic E-state index is 0.181. The van der Waals surface area contributed by atoms with Crippen molar-refractivity contribution in [1.82, 2.24) is 10.3 Å². The van der Waals surface area contributed by atoms with Gasteiger partial charge in [0.05, 0.1) is 12.3 Å². The van der Waals surface area contributed by atoms with E-state index in [4.69, 9.17) is 4.74 Å². The largest absolute Gasteiger partial charge is 0.489 e. The van der Waals surface area contributed by atoms with Gasteiger partial charge in [-0.2, -0.15) is 11.8 Å². The maximum Gasteiger partial charge on any atom is 0.138 e. The minimum absolute atomic E-state index is 0.181.